The van der Waals surface area contributed by atoms with Crippen molar-refractivity contribution in [1.29, 1.82) is 0 Å². The maximum atomic E-state index is 13.5. The number of fused-ring (bicyclic) bond motifs is 1. The fourth-order valence-electron chi connectivity index (χ4n) is 4.64. The first-order chi connectivity index (χ1) is 15.5. The van der Waals surface area contributed by atoms with Crippen molar-refractivity contribution < 1.29 is 18.0 Å². The van der Waals surface area contributed by atoms with Crippen LogP contribution in [-0.4, -0.2) is 53.0 Å². The third-order valence-corrected chi connectivity index (χ3v) is 6.52. The molecule has 1 aromatic heterocycles. The fraction of sp³-hybridized carbons (Fsp3) is 0.522. The highest BCUT2D eigenvalue weighted by molar-refractivity contribution is 6.03. The van der Waals surface area contributed by atoms with Crippen LogP contribution in [0.4, 0.5) is 30.6 Å². The quantitative estimate of drug-likeness (QED) is 0.638. The lowest BCUT2D eigenvalue weighted by molar-refractivity contribution is -0.118. The number of nitrogens with one attached hydrogen (secondary N) is 2. The predicted octanol–water partition coefficient (Wildman–Crippen LogP) is 3.69. The lowest BCUT2D eigenvalue weighted by atomic mass is 9.85. The number of aryl methyl sites for hydroxylation is 1. The van der Waals surface area contributed by atoms with Gasteiger partial charge in [-0.25, -0.2) is 18.2 Å². The number of halogens is 3. The Balaban J connectivity index is 1.39. The van der Waals surface area contributed by atoms with Gasteiger partial charge in [-0.3, -0.25) is 9.69 Å². The SMILES string of the molecule is Cc1nc(NC2CC(N(C)Cc3cc(F)c(F)c(F)c3)C2)nc2c1NC(=O)C(C(C)C)N2C. The highest BCUT2D eigenvalue weighted by Gasteiger charge is 2.36. The highest BCUT2D eigenvalue weighted by atomic mass is 19.2. The van der Waals surface area contributed by atoms with Crippen LogP contribution in [0.2, 0.25) is 0 Å². The normalized spacial score (nSPS) is 22.3. The van der Waals surface area contributed by atoms with E-state index in [0.29, 0.717) is 35.3 Å². The zero-order chi connectivity index (χ0) is 24.0. The zero-order valence-corrected chi connectivity index (χ0v) is 19.4. The minimum atomic E-state index is -1.44. The number of hydrogen-bond acceptors (Lipinski definition) is 6. The summed E-state index contributed by atoms with van der Waals surface area (Å²) in [6.07, 6.45) is 1.62. The van der Waals surface area contributed by atoms with Crippen LogP contribution in [0.15, 0.2) is 12.1 Å². The van der Waals surface area contributed by atoms with Crippen LogP contribution in [0.5, 0.6) is 0 Å². The summed E-state index contributed by atoms with van der Waals surface area (Å²) in [5.74, 6) is -2.53. The van der Waals surface area contributed by atoms with Crippen LogP contribution < -0.4 is 15.5 Å². The minimum Gasteiger partial charge on any atom is -0.351 e. The van der Waals surface area contributed by atoms with Gasteiger partial charge in [-0.15, -0.1) is 0 Å². The van der Waals surface area contributed by atoms with E-state index < -0.39 is 17.5 Å². The van der Waals surface area contributed by atoms with Gasteiger partial charge in [0.15, 0.2) is 23.3 Å². The third kappa shape index (κ3) is 4.48. The fourth-order valence-corrected chi connectivity index (χ4v) is 4.64. The van der Waals surface area contributed by atoms with Crippen LogP contribution in [0.3, 0.4) is 0 Å². The Kier molecular flexibility index (Phi) is 6.22. The van der Waals surface area contributed by atoms with E-state index in [-0.39, 0.29) is 30.0 Å². The molecule has 10 heteroatoms. The first-order valence-electron chi connectivity index (χ1n) is 11.1. The minimum absolute atomic E-state index is 0.0572. The molecule has 1 fully saturated rings. The van der Waals surface area contributed by atoms with Gasteiger partial charge in [0, 0.05) is 25.7 Å². The van der Waals surface area contributed by atoms with Gasteiger partial charge < -0.3 is 15.5 Å². The Morgan fingerprint density at radius 2 is 1.85 bits per heavy atom. The molecule has 2 N–H and O–H groups in total. The second-order valence-corrected chi connectivity index (χ2v) is 9.38. The number of carbonyl (C=O) groups is 1. The van der Waals surface area contributed by atoms with Gasteiger partial charge in [-0.1, -0.05) is 13.8 Å². The van der Waals surface area contributed by atoms with E-state index in [1.165, 1.54) is 0 Å². The number of hydrogen-bond donors (Lipinski definition) is 2. The molecule has 1 atom stereocenters. The van der Waals surface area contributed by atoms with E-state index in [2.05, 4.69) is 20.6 Å². The van der Waals surface area contributed by atoms with E-state index in [0.717, 1.165) is 25.0 Å². The Hall–Kier alpha value is -2.88. The molecule has 1 aliphatic heterocycles. The van der Waals surface area contributed by atoms with Crippen molar-refractivity contribution in [2.24, 2.45) is 5.92 Å². The molecule has 0 radical (unpaired) electrons. The Labute approximate surface area is 191 Å². The molecule has 1 aliphatic carbocycles. The number of anilines is 3. The van der Waals surface area contributed by atoms with Crippen molar-refractivity contribution in [3.8, 4) is 0 Å². The van der Waals surface area contributed by atoms with E-state index >= 15 is 0 Å². The van der Waals surface area contributed by atoms with Crippen LogP contribution >= 0.6 is 0 Å². The van der Waals surface area contributed by atoms with Crippen molar-refractivity contribution in [1.82, 2.24) is 14.9 Å². The number of likely N-dealkylation sites (N-methyl/N-ethyl adjacent to an activating group) is 1. The first kappa shape index (κ1) is 23.3. The number of benzene rings is 1. The van der Waals surface area contributed by atoms with E-state index in [1.807, 2.05) is 44.7 Å². The predicted molar refractivity (Wildman–Crippen MR) is 121 cm³/mol. The van der Waals surface area contributed by atoms with Gasteiger partial charge in [0.05, 0.1) is 5.69 Å². The summed E-state index contributed by atoms with van der Waals surface area (Å²) in [5.41, 5.74) is 1.72. The molecular weight excluding hydrogens is 433 g/mol. The summed E-state index contributed by atoms with van der Waals surface area (Å²) in [7, 11) is 3.75. The largest absolute Gasteiger partial charge is 0.351 e. The topological polar surface area (TPSA) is 73.4 Å². The molecule has 0 spiro atoms. The summed E-state index contributed by atoms with van der Waals surface area (Å²) in [4.78, 5) is 25.6. The molecule has 4 rings (SSSR count). The van der Waals surface area contributed by atoms with E-state index in [9.17, 15) is 18.0 Å². The monoisotopic (exact) mass is 462 g/mol. The van der Waals surface area contributed by atoms with E-state index in [1.54, 1.807) is 0 Å². The summed E-state index contributed by atoms with van der Waals surface area (Å²) >= 11 is 0. The van der Waals surface area contributed by atoms with Crippen LogP contribution in [0, 0.1) is 30.3 Å². The summed E-state index contributed by atoms with van der Waals surface area (Å²) in [6, 6.07) is 2.13. The smallest absolute Gasteiger partial charge is 0.247 e. The van der Waals surface area contributed by atoms with Gasteiger partial charge >= 0.3 is 0 Å². The lowest BCUT2D eigenvalue weighted by Gasteiger charge is -2.42. The van der Waals surface area contributed by atoms with Crippen molar-refractivity contribution in [2.75, 3.05) is 29.6 Å². The first-order valence-corrected chi connectivity index (χ1v) is 11.1. The number of carbonyl (C=O) groups excluding carboxylic acids is 1. The molecular formula is C23H29F3N6O. The van der Waals surface area contributed by atoms with Crippen molar-refractivity contribution in [3.63, 3.8) is 0 Å². The molecule has 1 aromatic carbocycles. The Bertz CT molecular complexity index is 1050. The van der Waals surface area contributed by atoms with Crippen LogP contribution in [0.25, 0.3) is 0 Å². The number of aromatic nitrogens is 2. The summed E-state index contributed by atoms with van der Waals surface area (Å²) in [6.45, 7) is 6.16. The lowest BCUT2D eigenvalue weighted by Crippen LogP contribution is -2.50. The van der Waals surface area contributed by atoms with Gasteiger partial charge in [0.1, 0.15) is 11.7 Å². The molecule has 178 valence electrons. The maximum absolute atomic E-state index is 13.5. The van der Waals surface area contributed by atoms with Crippen LogP contribution in [0.1, 0.15) is 37.9 Å². The Morgan fingerprint density at radius 1 is 1.21 bits per heavy atom. The number of nitrogens with zero attached hydrogens (tertiary/aromatic N) is 4. The average molecular weight is 463 g/mol. The van der Waals surface area contributed by atoms with Gasteiger partial charge in [-0.05, 0) is 50.4 Å². The molecule has 33 heavy (non-hydrogen) atoms. The van der Waals surface area contributed by atoms with E-state index in [4.69, 9.17) is 0 Å². The summed E-state index contributed by atoms with van der Waals surface area (Å²) < 4.78 is 40.1. The molecule has 0 saturated heterocycles. The third-order valence-electron chi connectivity index (χ3n) is 6.52. The molecule has 2 aromatic rings. The molecule has 1 saturated carbocycles. The maximum Gasteiger partial charge on any atom is 0.247 e. The molecule has 0 bridgehead atoms. The van der Waals surface area contributed by atoms with Crippen molar-refractivity contribution in [3.05, 3.63) is 40.8 Å². The molecule has 1 unspecified atom stereocenters. The molecule has 7 nitrogen and oxygen atoms in total. The standard InChI is InChI=1S/C23H29F3N6O/c1-11(2)20-22(33)29-19-12(3)27-23(30-21(19)32(20)5)28-14-8-15(9-14)31(4)10-13-6-16(24)18(26)17(25)7-13/h6-7,11,14-15,20H,8-10H2,1-5H3,(H,29,33)(H,27,28,30). The Morgan fingerprint density at radius 3 is 2.45 bits per heavy atom. The second-order valence-electron chi connectivity index (χ2n) is 9.38. The average Bonchev–Trinajstić information content (AvgIpc) is 2.69. The molecule has 1 amide bonds. The second kappa shape index (κ2) is 8.81. The van der Waals surface area contributed by atoms with Crippen LogP contribution in [-0.2, 0) is 11.3 Å². The highest BCUT2D eigenvalue weighted by Crippen LogP contribution is 2.35. The number of rotatable bonds is 6. The van der Waals surface area contributed by atoms with Crippen molar-refractivity contribution >= 4 is 23.4 Å². The van der Waals surface area contributed by atoms with Gasteiger partial charge in [0.2, 0.25) is 11.9 Å². The summed E-state index contributed by atoms with van der Waals surface area (Å²) in [5, 5.41) is 6.30. The zero-order valence-electron chi connectivity index (χ0n) is 19.4. The van der Waals surface area contributed by atoms with Gasteiger partial charge in [-0.2, -0.15) is 4.98 Å². The van der Waals surface area contributed by atoms with Gasteiger partial charge in [0.25, 0.3) is 0 Å². The number of amides is 1. The molecule has 2 heterocycles. The molecule has 2 aliphatic rings. The van der Waals surface area contributed by atoms with Crippen molar-refractivity contribution in [2.45, 2.75) is 58.3 Å².